The van der Waals surface area contributed by atoms with Crippen molar-refractivity contribution in [3.05, 3.63) is 46.7 Å². The Labute approximate surface area is 129 Å². The SMILES string of the molecule is CCOc1ccc(C(O)c2c(Cl)cnn2CCOC)cc1. The number of benzene rings is 1. The van der Waals surface area contributed by atoms with Crippen molar-refractivity contribution in [3.8, 4) is 5.75 Å². The molecule has 0 aliphatic carbocycles. The summed E-state index contributed by atoms with van der Waals surface area (Å²) in [5.41, 5.74) is 1.30. The van der Waals surface area contributed by atoms with E-state index >= 15 is 0 Å². The van der Waals surface area contributed by atoms with Crippen LogP contribution in [-0.4, -0.2) is 35.2 Å². The molecular weight excluding hydrogens is 292 g/mol. The van der Waals surface area contributed by atoms with Gasteiger partial charge < -0.3 is 14.6 Å². The van der Waals surface area contributed by atoms with Gasteiger partial charge in [0.05, 0.1) is 36.7 Å². The summed E-state index contributed by atoms with van der Waals surface area (Å²) in [7, 11) is 1.62. The van der Waals surface area contributed by atoms with Crippen LogP contribution in [0.5, 0.6) is 5.75 Å². The van der Waals surface area contributed by atoms with Crippen LogP contribution in [0.4, 0.5) is 0 Å². The molecule has 114 valence electrons. The van der Waals surface area contributed by atoms with Crippen molar-refractivity contribution in [3.63, 3.8) is 0 Å². The van der Waals surface area contributed by atoms with Gasteiger partial charge in [-0.05, 0) is 24.6 Å². The summed E-state index contributed by atoms with van der Waals surface area (Å²) in [6.45, 7) is 3.57. The highest BCUT2D eigenvalue weighted by Crippen LogP contribution is 2.29. The van der Waals surface area contributed by atoms with Crippen LogP contribution in [0.1, 0.15) is 24.3 Å². The maximum Gasteiger partial charge on any atom is 0.122 e. The normalized spacial score (nSPS) is 12.4. The molecule has 1 unspecified atom stereocenters. The third kappa shape index (κ3) is 3.75. The molecule has 0 saturated heterocycles. The Morgan fingerprint density at radius 3 is 2.67 bits per heavy atom. The lowest BCUT2D eigenvalue weighted by molar-refractivity contribution is 0.171. The first-order valence-electron chi connectivity index (χ1n) is 6.78. The number of aliphatic hydroxyl groups is 1. The molecule has 0 aliphatic heterocycles. The van der Waals surface area contributed by atoms with Crippen LogP contribution in [0.2, 0.25) is 5.02 Å². The van der Waals surface area contributed by atoms with Gasteiger partial charge in [0.1, 0.15) is 11.9 Å². The lowest BCUT2D eigenvalue weighted by Gasteiger charge is -2.15. The van der Waals surface area contributed by atoms with Crippen LogP contribution >= 0.6 is 11.6 Å². The Kier molecular flexibility index (Phi) is 5.61. The summed E-state index contributed by atoms with van der Waals surface area (Å²) in [6, 6.07) is 7.29. The van der Waals surface area contributed by atoms with Crippen LogP contribution in [0.15, 0.2) is 30.5 Å². The summed E-state index contributed by atoms with van der Waals surface area (Å²) in [5, 5.41) is 15.1. The van der Waals surface area contributed by atoms with E-state index in [9.17, 15) is 5.11 Å². The monoisotopic (exact) mass is 310 g/mol. The van der Waals surface area contributed by atoms with E-state index in [1.807, 2.05) is 31.2 Å². The van der Waals surface area contributed by atoms with E-state index in [0.717, 1.165) is 11.3 Å². The van der Waals surface area contributed by atoms with Crippen molar-refractivity contribution in [2.45, 2.75) is 19.6 Å². The van der Waals surface area contributed by atoms with Gasteiger partial charge in [-0.25, -0.2) is 0 Å². The zero-order chi connectivity index (χ0) is 15.2. The molecular formula is C15H19ClN2O3. The first kappa shape index (κ1) is 15.8. The van der Waals surface area contributed by atoms with E-state index in [1.54, 1.807) is 11.8 Å². The molecule has 0 aliphatic rings. The number of rotatable bonds is 7. The Balaban J connectivity index is 2.22. The van der Waals surface area contributed by atoms with Crippen molar-refractivity contribution in [2.75, 3.05) is 20.3 Å². The van der Waals surface area contributed by atoms with Crippen LogP contribution in [-0.2, 0) is 11.3 Å². The molecule has 1 heterocycles. The average molecular weight is 311 g/mol. The minimum absolute atomic E-state index is 0.437. The minimum Gasteiger partial charge on any atom is -0.494 e. The topological polar surface area (TPSA) is 56.5 Å². The predicted octanol–water partition coefficient (Wildman–Crippen LogP) is 2.66. The van der Waals surface area contributed by atoms with E-state index in [0.29, 0.717) is 30.5 Å². The zero-order valence-corrected chi connectivity index (χ0v) is 12.9. The van der Waals surface area contributed by atoms with E-state index in [1.165, 1.54) is 6.20 Å². The third-order valence-electron chi connectivity index (χ3n) is 3.11. The molecule has 0 radical (unpaired) electrons. The molecule has 1 aromatic heterocycles. The average Bonchev–Trinajstić information content (AvgIpc) is 2.86. The lowest BCUT2D eigenvalue weighted by Crippen LogP contribution is -2.13. The van der Waals surface area contributed by atoms with Crippen LogP contribution in [0.25, 0.3) is 0 Å². The summed E-state index contributed by atoms with van der Waals surface area (Å²) in [5.74, 6) is 0.771. The minimum atomic E-state index is -0.840. The number of nitrogens with zero attached hydrogens (tertiary/aromatic N) is 2. The first-order chi connectivity index (χ1) is 10.2. The van der Waals surface area contributed by atoms with E-state index in [4.69, 9.17) is 21.1 Å². The number of aromatic nitrogens is 2. The molecule has 21 heavy (non-hydrogen) atoms. The highest BCUT2D eigenvalue weighted by molar-refractivity contribution is 6.31. The molecule has 1 aromatic carbocycles. The van der Waals surface area contributed by atoms with Gasteiger partial charge in [0.2, 0.25) is 0 Å². The van der Waals surface area contributed by atoms with Gasteiger partial charge in [-0.3, -0.25) is 4.68 Å². The Morgan fingerprint density at radius 1 is 1.33 bits per heavy atom. The van der Waals surface area contributed by atoms with Gasteiger partial charge in [0, 0.05) is 7.11 Å². The third-order valence-corrected chi connectivity index (χ3v) is 3.40. The number of halogens is 1. The lowest BCUT2D eigenvalue weighted by atomic mass is 10.1. The van der Waals surface area contributed by atoms with Crippen LogP contribution < -0.4 is 4.74 Å². The van der Waals surface area contributed by atoms with Crippen molar-refractivity contribution in [2.24, 2.45) is 0 Å². The zero-order valence-electron chi connectivity index (χ0n) is 12.1. The fraction of sp³-hybridized carbons (Fsp3) is 0.400. The number of hydrogen-bond donors (Lipinski definition) is 1. The van der Waals surface area contributed by atoms with E-state index < -0.39 is 6.10 Å². The predicted molar refractivity (Wildman–Crippen MR) is 80.8 cm³/mol. The van der Waals surface area contributed by atoms with Gasteiger partial charge in [-0.2, -0.15) is 5.10 Å². The molecule has 5 nitrogen and oxygen atoms in total. The quantitative estimate of drug-likeness (QED) is 0.854. The van der Waals surface area contributed by atoms with Gasteiger partial charge >= 0.3 is 0 Å². The van der Waals surface area contributed by atoms with Crippen molar-refractivity contribution in [1.82, 2.24) is 9.78 Å². The van der Waals surface area contributed by atoms with Crippen LogP contribution in [0.3, 0.4) is 0 Å². The van der Waals surface area contributed by atoms with E-state index in [-0.39, 0.29) is 0 Å². The molecule has 0 bridgehead atoms. The maximum atomic E-state index is 10.5. The highest BCUT2D eigenvalue weighted by atomic mass is 35.5. The fourth-order valence-corrected chi connectivity index (χ4v) is 2.32. The Hall–Kier alpha value is -1.56. The van der Waals surface area contributed by atoms with Crippen molar-refractivity contribution >= 4 is 11.6 Å². The summed E-state index contributed by atoms with van der Waals surface area (Å²) in [4.78, 5) is 0. The number of aliphatic hydroxyl groups excluding tert-OH is 1. The Morgan fingerprint density at radius 2 is 2.05 bits per heavy atom. The van der Waals surface area contributed by atoms with Gasteiger partial charge in [0.25, 0.3) is 0 Å². The largest absolute Gasteiger partial charge is 0.494 e. The molecule has 0 amide bonds. The van der Waals surface area contributed by atoms with Gasteiger partial charge in [-0.15, -0.1) is 0 Å². The van der Waals surface area contributed by atoms with Crippen molar-refractivity contribution < 1.29 is 14.6 Å². The second kappa shape index (κ2) is 7.45. The first-order valence-corrected chi connectivity index (χ1v) is 7.16. The second-order valence-electron chi connectivity index (χ2n) is 4.50. The highest BCUT2D eigenvalue weighted by Gasteiger charge is 2.19. The molecule has 1 N–H and O–H groups in total. The molecule has 2 aromatic rings. The summed E-state index contributed by atoms with van der Waals surface area (Å²) in [6.07, 6.45) is 0.692. The molecule has 0 saturated carbocycles. The molecule has 0 fully saturated rings. The molecule has 2 rings (SSSR count). The van der Waals surface area contributed by atoms with Crippen LogP contribution in [0, 0.1) is 0 Å². The molecule has 1 atom stereocenters. The number of methoxy groups -OCH3 is 1. The van der Waals surface area contributed by atoms with E-state index in [2.05, 4.69) is 5.10 Å². The maximum absolute atomic E-state index is 10.5. The fourth-order valence-electron chi connectivity index (χ4n) is 2.07. The number of hydrogen-bond acceptors (Lipinski definition) is 4. The molecule has 0 spiro atoms. The Bertz CT molecular complexity index is 569. The number of ether oxygens (including phenoxy) is 2. The summed E-state index contributed by atoms with van der Waals surface area (Å²) >= 11 is 6.14. The second-order valence-corrected chi connectivity index (χ2v) is 4.91. The summed E-state index contributed by atoms with van der Waals surface area (Å²) < 4.78 is 12.1. The van der Waals surface area contributed by atoms with Crippen molar-refractivity contribution in [1.29, 1.82) is 0 Å². The smallest absolute Gasteiger partial charge is 0.122 e. The standard InChI is InChI=1S/C15H19ClN2O3/c1-3-21-12-6-4-11(5-7-12)15(19)14-13(16)10-17-18(14)8-9-20-2/h4-7,10,15,19H,3,8-9H2,1-2H3. The molecule has 6 heteroatoms. The van der Waals surface area contributed by atoms with Gasteiger partial charge in [0.15, 0.2) is 0 Å². The van der Waals surface area contributed by atoms with Gasteiger partial charge in [-0.1, -0.05) is 23.7 Å².